The van der Waals surface area contributed by atoms with Crippen molar-refractivity contribution in [3.63, 3.8) is 0 Å². The van der Waals surface area contributed by atoms with Gasteiger partial charge in [-0.3, -0.25) is 10.1 Å². The van der Waals surface area contributed by atoms with Gasteiger partial charge in [0.2, 0.25) is 6.54 Å². The monoisotopic (exact) mass is 217 g/mol. The lowest BCUT2D eigenvalue weighted by atomic mass is 9.99. The van der Waals surface area contributed by atoms with Crippen molar-refractivity contribution < 1.29 is 15.1 Å². The predicted molar refractivity (Wildman–Crippen MR) is 52.3 cm³/mol. The average Bonchev–Trinajstić information content (AvgIpc) is 2.50. The third-order valence-electron chi connectivity index (χ3n) is 1.96. The third kappa shape index (κ3) is 2.68. The molecule has 0 aliphatic carbocycles. The van der Waals surface area contributed by atoms with Gasteiger partial charge < -0.3 is 10.2 Å². The highest BCUT2D eigenvalue weighted by Gasteiger charge is 2.21. The number of aliphatic hydroxyl groups excluding tert-OH is 1. The zero-order valence-corrected chi connectivity index (χ0v) is 8.24. The molecule has 78 valence electrons. The highest BCUT2D eigenvalue weighted by Crippen LogP contribution is 2.32. The van der Waals surface area contributed by atoms with E-state index in [9.17, 15) is 15.2 Å². The van der Waals surface area contributed by atoms with Gasteiger partial charge in [-0.05, 0) is 17.9 Å². The molecule has 14 heavy (non-hydrogen) atoms. The number of nitrogens with zero attached hydrogens (tertiary/aromatic N) is 1. The summed E-state index contributed by atoms with van der Waals surface area (Å²) in [7, 11) is 0. The van der Waals surface area contributed by atoms with E-state index in [1.807, 2.05) is 0 Å². The van der Waals surface area contributed by atoms with Crippen molar-refractivity contribution in [2.75, 3.05) is 13.2 Å². The van der Waals surface area contributed by atoms with Gasteiger partial charge >= 0.3 is 0 Å². The van der Waals surface area contributed by atoms with Crippen LogP contribution in [0.5, 0.6) is 5.06 Å². The highest BCUT2D eigenvalue weighted by atomic mass is 32.1. The standard InChI is InChI=1S/C8H11NO4S/c10-3-1-6(5-9(12)13)7-2-4-14-8(7)11/h2,4,6,10-11H,1,3,5H2. The average molecular weight is 217 g/mol. The summed E-state index contributed by atoms with van der Waals surface area (Å²) < 4.78 is 0. The summed E-state index contributed by atoms with van der Waals surface area (Å²) >= 11 is 1.14. The van der Waals surface area contributed by atoms with Crippen LogP contribution in [0.3, 0.4) is 0 Å². The van der Waals surface area contributed by atoms with Crippen LogP contribution in [0.4, 0.5) is 0 Å². The Labute approximate surface area is 84.8 Å². The summed E-state index contributed by atoms with van der Waals surface area (Å²) in [6, 6.07) is 1.66. The molecular formula is C8H11NO4S. The molecule has 0 saturated carbocycles. The normalized spacial score (nSPS) is 12.6. The van der Waals surface area contributed by atoms with Crippen LogP contribution in [0.25, 0.3) is 0 Å². The number of hydrogen-bond acceptors (Lipinski definition) is 5. The van der Waals surface area contributed by atoms with Crippen LogP contribution in [0.1, 0.15) is 17.9 Å². The fourth-order valence-electron chi connectivity index (χ4n) is 1.30. The summed E-state index contributed by atoms with van der Waals surface area (Å²) in [6.45, 7) is -0.376. The quantitative estimate of drug-likeness (QED) is 0.573. The zero-order chi connectivity index (χ0) is 10.6. The first kappa shape index (κ1) is 10.9. The van der Waals surface area contributed by atoms with Gasteiger partial charge in [-0.25, -0.2) is 0 Å². The second-order valence-corrected chi connectivity index (χ2v) is 3.80. The number of nitro groups is 1. The van der Waals surface area contributed by atoms with Gasteiger partial charge in [-0.1, -0.05) is 0 Å². The summed E-state index contributed by atoms with van der Waals surface area (Å²) in [5.74, 6) is -0.402. The molecule has 1 aromatic rings. The fourth-order valence-corrected chi connectivity index (χ4v) is 2.02. The largest absolute Gasteiger partial charge is 0.499 e. The molecule has 6 heteroatoms. The van der Waals surface area contributed by atoms with Crippen LogP contribution in [-0.2, 0) is 0 Å². The minimum Gasteiger partial charge on any atom is -0.499 e. The van der Waals surface area contributed by atoms with E-state index < -0.39 is 10.8 Å². The maximum Gasteiger partial charge on any atom is 0.210 e. The Kier molecular flexibility index (Phi) is 3.84. The smallest absolute Gasteiger partial charge is 0.210 e. The lowest BCUT2D eigenvalue weighted by molar-refractivity contribution is -0.483. The Morgan fingerprint density at radius 1 is 1.64 bits per heavy atom. The molecule has 0 fully saturated rings. The van der Waals surface area contributed by atoms with E-state index in [0.717, 1.165) is 11.3 Å². The first-order chi connectivity index (χ1) is 6.65. The summed E-state index contributed by atoms with van der Waals surface area (Å²) in [5.41, 5.74) is 0.556. The Hall–Kier alpha value is -1.14. The van der Waals surface area contributed by atoms with Crippen LogP contribution < -0.4 is 0 Å². The Bertz CT molecular complexity index is 312. The molecule has 1 unspecified atom stereocenters. The van der Waals surface area contributed by atoms with Crippen molar-refractivity contribution in [2.24, 2.45) is 0 Å². The van der Waals surface area contributed by atoms with E-state index in [1.165, 1.54) is 0 Å². The minimum absolute atomic E-state index is 0.102. The molecule has 0 spiro atoms. The molecule has 0 radical (unpaired) electrons. The van der Waals surface area contributed by atoms with Crippen LogP contribution >= 0.6 is 11.3 Å². The van der Waals surface area contributed by atoms with Crippen molar-refractivity contribution in [1.29, 1.82) is 0 Å². The van der Waals surface area contributed by atoms with E-state index in [1.54, 1.807) is 11.4 Å². The SMILES string of the molecule is O=[N+]([O-])CC(CCO)c1ccsc1O. The summed E-state index contributed by atoms with van der Waals surface area (Å²) in [6.07, 6.45) is 0.297. The Morgan fingerprint density at radius 3 is 2.79 bits per heavy atom. The van der Waals surface area contributed by atoms with Crippen LogP contribution in [-0.4, -0.2) is 28.3 Å². The second-order valence-electron chi connectivity index (χ2n) is 2.91. The first-order valence-corrected chi connectivity index (χ1v) is 5.02. The van der Waals surface area contributed by atoms with Crippen molar-refractivity contribution in [2.45, 2.75) is 12.3 Å². The molecule has 2 N–H and O–H groups in total. The summed E-state index contributed by atoms with van der Waals surface area (Å²) in [4.78, 5) is 9.90. The summed E-state index contributed by atoms with van der Waals surface area (Å²) in [5, 5.41) is 30.2. The van der Waals surface area contributed by atoms with Crippen LogP contribution in [0.2, 0.25) is 0 Å². The van der Waals surface area contributed by atoms with Crippen molar-refractivity contribution in [3.8, 4) is 5.06 Å². The van der Waals surface area contributed by atoms with Gasteiger partial charge in [0.05, 0.1) is 5.92 Å². The number of hydrogen-bond donors (Lipinski definition) is 2. The molecule has 0 saturated heterocycles. The topological polar surface area (TPSA) is 83.6 Å². The first-order valence-electron chi connectivity index (χ1n) is 4.14. The van der Waals surface area contributed by atoms with E-state index in [4.69, 9.17) is 5.11 Å². The molecule has 1 atom stereocenters. The van der Waals surface area contributed by atoms with Crippen molar-refractivity contribution >= 4 is 11.3 Å². The van der Waals surface area contributed by atoms with Gasteiger partial charge in [0.1, 0.15) is 0 Å². The fraction of sp³-hybridized carbons (Fsp3) is 0.500. The van der Waals surface area contributed by atoms with Gasteiger partial charge in [0.25, 0.3) is 0 Å². The molecule has 5 nitrogen and oxygen atoms in total. The Balaban J connectivity index is 2.77. The van der Waals surface area contributed by atoms with Crippen molar-refractivity contribution in [3.05, 3.63) is 27.1 Å². The molecule has 0 aliphatic rings. The molecule has 0 aromatic carbocycles. The predicted octanol–water partition coefficient (Wildman–Crippen LogP) is 1.20. The number of thiophene rings is 1. The molecular weight excluding hydrogens is 206 g/mol. The molecule has 1 rings (SSSR count). The van der Waals surface area contributed by atoms with Gasteiger partial charge in [-0.2, -0.15) is 0 Å². The van der Waals surface area contributed by atoms with Gasteiger partial charge in [0, 0.05) is 17.1 Å². The third-order valence-corrected chi connectivity index (χ3v) is 2.69. The van der Waals surface area contributed by atoms with Gasteiger partial charge in [0.15, 0.2) is 5.06 Å². The minimum atomic E-state index is -0.433. The van der Waals surface area contributed by atoms with Crippen molar-refractivity contribution in [1.82, 2.24) is 0 Å². The van der Waals surface area contributed by atoms with E-state index in [2.05, 4.69) is 0 Å². The second kappa shape index (κ2) is 4.92. The Morgan fingerprint density at radius 2 is 2.36 bits per heavy atom. The highest BCUT2D eigenvalue weighted by molar-refractivity contribution is 7.11. The van der Waals surface area contributed by atoms with Gasteiger partial charge in [-0.15, -0.1) is 11.3 Å². The number of aliphatic hydroxyl groups is 1. The molecule has 0 amide bonds. The molecule has 0 aliphatic heterocycles. The maximum atomic E-state index is 10.3. The molecule has 1 aromatic heterocycles. The molecule has 1 heterocycles. The number of rotatable bonds is 5. The lowest BCUT2D eigenvalue weighted by Gasteiger charge is -2.09. The maximum absolute atomic E-state index is 10.3. The zero-order valence-electron chi connectivity index (χ0n) is 7.42. The van der Waals surface area contributed by atoms with E-state index >= 15 is 0 Å². The van der Waals surface area contributed by atoms with Crippen LogP contribution in [0, 0.1) is 10.1 Å². The lowest BCUT2D eigenvalue weighted by Crippen LogP contribution is -2.13. The van der Waals surface area contributed by atoms with Crippen LogP contribution in [0.15, 0.2) is 11.4 Å². The number of aromatic hydroxyl groups is 1. The van der Waals surface area contributed by atoms with E-state index in [-0.39, 0.29) is 18.2 Å². The molecule has 0 bridgehead atoms. The van der Waals surface area contributed by atoms with E-state index in [0.29, 0.717) is 12.0 Å².